The van der Waals surface area contributed by atoms with Crippen LogP contribution in [0.15, 0.2) is 59.6 Å². The van der Waals surface area contributed by atoms with E-state index in [0.29, 0.717) is 35.1 Å². The summed E-state index contributed by atoms with van der Waals surface area (Å²) in [6, 6.07) is 17.7. The molecule has 7 heteroatoms. The van der Waals surface area contributed by atoms with Crippen molar-refractivity contribution in [1.82, 2.24) is 4.57 Å². The molecule has 0 amide bonds. The highest BCUT2D eigenvalue weighted by molar-refractivity contribution is 7.73. The molecular weight excluding hydrogens is 392 g/mol. The van der Waals surface area contributed by atoms with Crippen LogP contribution in [0, 0.1) is 3.95 Å². The van der Waals surface area contributed by atoms with Gasteiger partial charge in [0.1, 0.15) is 17.2 Å². The average molecular weight is 415 g/mol. The molecule has 0 spiro atoms. The number of hydrogen-bond acceptors (Lipinski definition) is 6. The van der Waals surface area contributed by atoms with Crippen LogP contribution >= 0.6 is 23.6 Å². The average Bonchev–Trinajstić information content (AvgIpc) is 2.98. The molecule has 0 aliphatic rings. The molecule has 0 saturated carbocycles. The zero-order valence-corrected chi connectivity index (χ0v) is 17.2. The molecule has 1 N–H and O–H groups in total. The van der Waals surface area contributed by atoms with E-state index < -0.39 is 0 Å². The van der Waals surface area contributed by atoms with E-state index >= 15 is 0 Å². The molecule has 3 rings (SSSR count). The molecule has 5 nitrogen and oxygen atoms in total. The number of nitrogens with zero attached hydrogens (tertiary/aromatic N) is 2. The Morgan fingerprint density at radius 1 is 1.07 bits per heavy atom. The van der Waals surface area contributed by atoms with Crippen molar-refractivity contribution in [3.05, 3.63) is 74.6 Å². The maximum Gasteiger partial charge on any atom is 0.212 e. The molecule has 0 saturated heterocycles. The van der Waals surface area contributed by atoms with Crippen LogP contribution in [0.2, 0.25) is 0 Å². The summed E-state index contributed by atoms with van der Waals surface area (Å²) in [6.45, 7) is 2.14. The van der Waals surface area contributed by atoms with Gasteiger partial charge < -0.3 is 14.6 Å². The third-order valence-electron chi connectivity index (χ3n) is 4.04. The van der Waals surface area contributed by atoms with E-state index in [9.17, 15) is 5.11 Å². The molecule has 0 bridgehead atoms. The normalized spacial score (nSPS) is 11.2. The third-order valence-corrected chi connectivity index (χ3v) is 5.41. The maximum atomic E-state index is 10.5. The smallest absolute Gasteiger partial charge is 0.212 e. The van der Waals surface area contributed by atoms with Crippen molar-refractivity contribution in [2.45, 2.75) is 13.1 Å². The van der Waals surface area contributed by atoms with Gasteiger partial charge >= 0.3 is 0 Å². The first kappa shape index (κ1) is 20.3. The Balaban J connectivity index is 1.61. The molecule has 1 aromatic heterocycles. The number of thiazole rings is 1. The number of hydrogen-bond donors (Lipinski definition) is 1. The van der Waals surface area contributed by atoms with Gasteiger partial charge in [-0.25, -0.2) is 0 Å². The number of aromatic nitrogens is 1. The van der Waals surface area contributed by atoms with Crippen LogP contribution in [-0.2, 0) is 17.8 Å². The van der Waals surface area contributed by atoms with Crippen LogP contribution < -0.4 is 4.74 Å². The van der Waals surface area contributed by atoms with Crippen molar-refractivity contribution >= 4 is 29.8 Å². The predicted octanol–water partition coefficient (Wildman–Crippen LogP) is 4.68. The SMILES string of the molecule is COCCOc1ccc(CN=Cc2sc(=S)n(Cc3ccccc3)c2O)cc1. The Labute approximate surface area is 173 Å². The lowest BCUT2D eigenvalue weighted by atomic mass is 10.2. The van der Waals surface area contributed by atoms with Gasteiger partial charge in [0.05, 0.1) is 19.7 Å². The summed E-state index contributed by atoms with van der Waals surface area (Å²) in [5.41, 5.74) is 2.14. The summed E-state index contributed by atoms with van der Waals surface area (Å²) < 4.78 is 12.9. The van der Waals surface area contributed by atoms with Crippen molar-refractivity contribution in [3.8, 4) is 11.6 Å². The minimum Gasteiger partial charge on any atom is -0.493 e. The fourth-order valence-electron chi connectivity index (χ4n) is 2.57. The van der Waals surface area contributed by atoms with E-state index in [2.05, 4.69) is 4.99 Å². The van der Waals surface area contributed by atoms with Crippen LogP contribution in [-0.4, -0.2) is 36.2 Å². The number of aromatic hydroxyl groups is 1. The largest absolute Gasteiger partial charge is 0.493 e. The fraction of sp³-hybridized carbons (Fsp3) is 0.238. The van der Waals surface area contributed by atoms with Gasteiger partial charge in [0.25, 0.3) is 0 Å². The Morgan fingerprint density at radius 2 is 1.82 bits per heavy atom. The van der Waals surface area contributed by atoms with Gasteiger partial charge in [0, 0.05) is 13.3 Å². The minimum atomic E-state index is 0.157. The Morgan fingerprint density at radius 3 is 2.54 bits per heavy atom. The van der Waals surface area contributed by atoms with E-state index in [-0.39, 0.29) is 5.88 Å². The van der Waals surface area contributed by atoms with Gasteiger partial charge in [0.15, 0.2) is 3.95 Å². The molecule has 2 aromatic carbocycles. The minimum absolute atomic E-state index is 0.157. The Kier molecular flexibility index (Phi) is 7.36. The van der Waals surface area contributed by atoms with Crippen molar-refractivity contribution in [2.75, 3.05) is 20.3 Å². The maximum absolute atomic E-state index is 10.5. The second-order valence-corrected chi connectivity index (χ2v) is 7.76. The number of ether oxygens (including phenoxy) is 2. The lowest BCUT2D eigenvalue weighted by Crippen LogP contribution is -2.04. The van der Waals surface area contributed by atoms with Crippen LogP contribution in [0.4, 0.5) is 0 Å². The van der Waals surface area contributed by atoms with E-state index in [0.717, 1.165) is 16.9 Å². The van der Waals surface area contributed by atoms with E-state index in [1.165, 1.54) is 11.3 Å². The Bertz CT molecular complexity index is 964. The summed E-state index contributed by atoms with van der Waals surface area (Å²) in [6.07, 6.45) is 1.68. The van der Waals surface area contributed by atoms with Gasteiger partial charge in [-0.3, -0.25) is 9.56 Å². The summed E-state index contributed by atoms with van der Waals surface area (Å²) >= 11 is 6.75. The number of aliphatic imine (C=N–C) groups is 1. The van der Waals surface area contributed by atoms with Crippen molar-refractivity contribution in [3.63, 3.8) is 0 Å². The van der Waals surface area contributed by atoms with Gasteiger partial charge in [-0.05, 0) is 35.5 Å². The lowest BCUT2D eigenvalue weighted by molar-refractivity contribution is 0.146. The van der Waals surface area contributed by atoms with Crippen molar-refractivity contribution in [1.29, 1.82) is 0 Å². The molecule has 28 heavy (non-hydrogen) atoms. The first-order chi connectivity index (χ1) is 13.7. The molecular formula is C21H22N2O3S2. The van der Waals surface area contributed by atoms with Crippen LogP contribution in [0.3, 0.4) is 0 Å². The third kappa shape index (κ3) is 5.51. The molecule has 1 heterocycles. The monoisotopic (exact) mass is 414 g/mol. The topological polar surface area (TPSA) is 56.0 Å². The predicted molar refractivity (Wildman–Crippen MR) is 115 cm³/mol. The summed E-state index contributed by atoms with van der Waals surface area (Å²) in [7, 11) is 1.65. The molecule has 146 valence electrons. The number of methoxy groups -OCH3 is 1. The quantitative estimate of drug-likeness (QED) is 0.314. The van der Waals surface area contributed by atoms with Crippen molar-refractivity contribution < 1.29 is 14.6 Å². The highest BCUT2D eigenvalue weighted by atomic mass is 32.1. The zero-order chi connectivity index (χ0) is 19.8. The number of benzene rings is 2. The fourth-order valence-corrected chi connectivity index (χ4v) is 3.77. The van der Waals surface area contributed by atoms with Crippen LogP contribution in [0.5, 0.6) is 11.6 Å². The molecule has 0 fully saturated rings. The van der Waals surface area contributed by atoms with Gasteiger partial charge in [-0.15, -0.1) is 0 Å². The molecule has 0 radical (unpaired) electrons. The zero-order valence-electron chi connectivity index (χ0n) is 15.6. The van der Waals surface area contributed by atoms with E-state index in [1.807, 2.05) is 54.6 Å². The van der Waals surface area contributed by atoms with Crippen LogP contribution in [0.25, 0.3) is 0 Å². The molecule has 3 aromatic rings. The van der Waals surface area contributed by atoms with Crippen molar-refractivity contribution in [2.24, 2.45) is 4.99 Å². The molecule has 0 unspecified atom stereocenters. The summed E-state index contributed by atoms with van der Waals surface area (Å²) in [4.78, 5) is 5.11. The lowest BCUT2D eigenvalue weighted by Gasteiger charge is -2.05. The highest BCUT2D eigenvalue weighted by Gasteiger charge is 2.10. The van der Waals surface area contributed by atoms with E-state index in [4.69, 9.17) is 21.7 Å². The van der Waals surface area contributed by atoms with Gasteiger partial charge in [-0.1, -0.05) is 53.8 Å². The first-order valence-electron chi connectivity index (χ1n) is 8.84. The second-order valence-electron chi connectivity index (χ2n) is 6.08. The second kappa shape index (κ2) is 10.2. The Hall–Kier alpha value is -2.48. The molecule has 0 atom stereocenters. The summed E-state index contributed by atoms with van der Waals surface area (Å²) in [5, 5.41) is 10.5. The van der Waals surface area contributed by atoms with E-state index in [1.54, 1.807) is 17.9 Å². The first-order valence-corrected chi connectivity index (χ1v) is 10.1. The van der Waals surface area contributed by atoms with Gasteiger partial charge in [-0.2, -0.15) is 0 Å². The summed E-state index contributed by atoms with van der Waals surface area (Å²) in [5.74, 6) is 0.961. The molecule has 0 aliphatic heterocycles. The molecule has 0 aliphatic carbocycles. The van der Waals surface area contributed by atoms with Crippen LogP contribution in [0.1, 0.15) is 16.0 Å². The van der Waals surface area contributed by atoms with Gasteiger partial charge in [0.2, 0.25) is 5.88 Å². The number of rotatable bonds is 9. The standard InChI is InChI=1S/C21H22N2O3S2/c1-25-11-12-26-18-9-7-16(8-10-18)13-22-14-19-20(24)23(21(27)28-19)15-17-5-3-2-4-6-17/h2-10,14,24H,11-13,15H2,1H3. The highest BCUT2D eigenvalue weighted by Crippen LogP contribution is 2.25.